The summed E-state index contributed by atoms with van der Waals surface area (Å²) in [7, 11) is -1.36. The van der Waals surface area contributed by atoms with E-state index in [0.29, 0.717) is 18.7 Å². The summed E-state index contributed by atoms with van der Waals surface area (Å²) >= 11 is 0. The summed E-state index contributed by atoms with van der Waals surface area (Å²) < 4.78 is 29.1. The average Bonchev–Trinajstić information content (AvgIpc) is 3.43. The summed E-state index contributed by atoms with van der Waals surface area (Å²) in [5.74, 6) is 0. The number of pyridine rings is 1. The maximum atomic E-state index is 12.9. The molecule has 188 valence electrons. The molecular weight excluding hydrogens is 462 g/mol. The van der Waals surface area contributed by atoms with Gasteiger partial charge in [-0.05, 0) is 48.1 Å². The van der Waals surface area contributed by atoms with Crippen LogP contribution in [0.1, 0.15) is 38.3 Å². The number of piperazine rings is 1. The van der Waals surface area contributed by atoms with Gasteiger partial charge in [-0.3, -0.25) is 14.0 Å². The number of likely N-dealkylation sites (tertiary alicyclic amines) is 1. The molecule has 2 aliphatic rings. The monoisotopic (exact) mass is 497 g/mol. The van der Waals surface area contributed by atoms with E-state index in [4.69, 9.17) is 4.98 Å². The minimum atomic E-state index is -3.14. The number of hydrogen-bond donors (Lipinski definition) is 0. The number of imidazole rings is 1. The normalized spacial score (nSPS) is 21.4. The van der Waals surface area contributed by atoms with Crippen molar-refractivity contribution >= 4 is 21.2 Å². The van der Waals surface area contributed by atoms with Crippen LogP contribution >= 0.6 is 0 Å². The number of rotatable bonds is 5. The lowest BCUT2D eigenvalue weighted by atomic mass is 9.97. The lowest BCUT2D eigenvalue weighted by Crippen LogP contribution is -2.47. The van der Waals surface area contributed by atoms with Gasteiger partial charge in [0.1, 0.15) is 0 Å². The van der Waals surface area contributed by atoms with E-state index in [1.165, 1.54) is 11.8 Å². The highest BCUT2D eigenvalue weighted by atomic mass is 32.2. The highest BCUT2D eigenvalue weighted by Gasteiger charge is 2.46. The molecule has 2 saturated heterocycles. The smallest absolute Gasteiger partial charge is 0.293 e. The second-order valence-electron chi connectivity index (χ2n) is 11.5. The Balaban J connectivity index is 1.43. The van der Waals surface area contributed by atoms with Crippen LogP contribution in [0.15, 0.2) is 35.1 Å². The van der Waals surface area contributed by atoms with Crippen molar-refractivity contribution in [1.29, 1.82) is 0 Å². The Morgan fingerprint density at radius 3 is 2.46 bits per heavy atom. The first-order chi connectivity index (χ1) is 16.3. The summed E-state index contributed by atoms with van der Waals surface area (Å²) in [5.41, 5.74) is 5.71. The SMILES string of the molecule is Cc1ccc(CN2C[C@H]3C[C@@H]2CN3S(C)(=O)=O)cc1-c1ccc2c(n1)n(C)c(=O)n2CC(C)(C)C. The molecule has 5 rings (SSSR count). The fourth-order valence-electron chi connectivity index (χ4n) is 5.64. The topological polar surface area (TPSA) is 80.4 Å². The summed E-state index contributed by atoms with van der Waals surface area (Å²) in [6.45, 7) is 11.2. The van der Waals surface area contributed by atoms with Gasteiger partial charge in [0.25, 0.3) is 0 Å². The van der Waals surface area contributed by atoms with E-state index in [0.717, 1.165) is 41.8 Å². The number of sulfonamides is 1. The molecule has 0 radical (unpaired) electrons. The minimum absolute atomic E-state index is 0.0188. The molecule has 8 nitrogen and oxygen atoms in total. The molecule has 0 spiro atoms. The van der Waals surface area contributed by atoms with Crippen molar-refractivity contribution in [2.45, 2.75) is 59.3 Å². The van der Waals surface area contributed by atoms with Crippen molar-refractivity contribution in [3.05, 3.63) is 51.9 Å². The van der Waals surface area contributed by atoms with E-state index in [9.17, 15) is 13.2 Å². The summed E-state index contributed by atoms with van der Waals surface area (Å²) in [4.78, 5) is 20.2. The van der Waals surface area contributed by atoms with Crippen molar-refractivity contribution < 1.29 is 8.42 Å². The van der Waals surface area contributed by atoms with E-state index in [2.05, 4.69) is 50.8 Å². The van der Waals surface area contributed by atoms with Gasteiger partial charge < -0.3 is 0 Å². The predicted molar refractivity (Wildman–Crippen MR) is 139 cm³/mol. The molecule has 2 atom stereocenters. The van der Waals surface area contributed by atoms with Gasteiger partial charge in [0.15, 0.2) is 5.65 Å². The van der Waals surface area contributed by atoms with Crippen LogP contribution in [0, 0.1) is 12.3 Å². The van der Waals surface area contributed by atoms with Gasteiger partial charge in [-0.25, -0.2) is 18.2 Å². The molecule has 9 heteroatoms. The Kier molecular flexibility index (Phi) is 5.73. The molecule has 0 aliphatic carbocycles. The first-order valence-corrected chi connectivity index (χ1v) is 14.0. The highest BCUT2D eigenvalue weighted by Crippen LogP contribution is 2.34. The van der Waals surface area contributed by atoms with Crippen LogP contribution in [0.2, 0.25) is 0 Å². The minimum Gasteiger partial charge on any atom is -0.293 e. The second kappa shape index (κ2) is 8.28. The van der Waals surface area contributed by atoms with Crippen molar-refractivity contribution in [2.24, 2.45) is 12.5 Å². The fourth-order valence-corrected chi connectivity index (χ4v) is 6.78. The molecule has 2 bridgehead atoms. The lowest BCUT2D eigenvalue weighted by Gasteiger charge is -2.32. The van der Waals surface area contributed by atoms with Crippen LogP contribution in [0.4, 0.5) is 0 Å². The lowest BCUT2D eigenvalue weighted by molar-refractivity contribution is 0.175. The average molecular weight is 498 g/mol. The largest absolute Gasteiger partial charge is 0.330 e. The number of aryl methyl sites for hydroxylation is 2. The van der Waals surface area contributed by atoms with Gasteiger partial charge >= 0.3 is 5.69 Å². The van der Waals surface area contributed by atoms with Crippen LogP contribution in [-0.4, -0.2) is 63.2 Å². The van der Waals surface area contributed by atoms with Crippen LogP contribution in [0.5, 0.6) is 0 Å². The summed E-state index contributed by atoms with van der Waals surface area (Å²) in [5, 5.41) is 0. The molecule has 2 aromatic heterocycles. The Labute approximate surface area is 207 Å². The molecule has 0 N–H and O–H groups in total. The molecule has 3 aromatic rings. The third kappa shape index (κ3) is 4.45. The number of aromatic nitrogens is 3. The van der Waals surface area contributed by atoms with E-state index in [-0.39, 0.29) is 23.2 Å². The number of fused-ring (bicyclic) bond motifs is 3. The second-order valence-corrected chi connectivity index (χ2v) is 13.4. The molecule has 0 saturated carbocycles. The first-order valence-electron chi connectivity index (χ1n) is 12.2. The first kappa shape index (κ1) is 24.2. The van der Waals surface area contributed by atoms with Gasteiger partial charge in [-0.2, -0.15) is 4.31 Å². The Morgan fingerprint density at radius 2 is 1.83 bits per heavy atom. The van der Waals surface area contributed by atoms with Crippen molar-refractivity contribution in [3.8, 4) is 11.3 Å². The molecule has 4 heterocycles. The van der Waals surface area contributed by atoms with Crippen LogP contribution in [0.25, 0.3) is 22.4 Å². The van der Waals surface area contributed by atoms with Gasteiger partial charge in [-0.15, -0.1) is 0 Å². The fraction of sp³-hybridized carbons (Fsp3) is 0.538. The quantitative estimate of drug-likeness (QED) is 0.541. The van der Waals surface area contributed by atoms with Crippen molar-refractivity contribution in [2.75, 3.05) is 19.3 Å². The number of hydrogen-bond acceptors (Lipinski definition) is 5. The summed E-state index contributed by atoms with van der Waals surface area (Å²) in [6.07, 6.45) is 2.21. The van der Waals surface area contributed by atoms with Gasteiger partial charge in [0.2, 0.25) is 10.0 Å². The third-order valence-electron chi connectivity index (χ3n) is 7.31. The molecule has 1 aromatic carbocycles. The standard InChI is InChI=1S/C26H35N5O3S/c1-17-7-8-18(13-29-14-20-12-19(29)15-31(20)35(6,33)34)11-21(17)22-9-10-23-24(27-22)28(5)25(32)30(23)16-26(2,3)4/h7-11,19-20H,12-16H2,1-6H3/t19-,20-/m1/s1. The van der Waals surface area contributed by atoms with Crippen LogP contribution in [0.3, 0.4) is 0 Å². The zero-order valence-electron chi connectivity index (χ0n) is 21.4. The van der Waals surface area contributed by atoms with Gasteiger partial charge in [-0.1, -0.05) is 32.9 Å². The Morgan fingerprint density at radius 1 is 1.09 bits per heavy atom. The van der Waals surface area contributed by atoms with Gasteiger partial charge in [0.05, 0.1) is 17.5 Å². The van der Waals surface area contributed by atoms with Crippen LogP contribution < -0.4 is 5.69 Å². The molecule has 35 heavy (non-hydrogen) atoms. The Hall–Kier alpha value is -2.49. The maximum Gasteiger partial charge on any atom is 0.330 e. The summed E-state index contributed by atoms with van der Waals surface area (Å²) in [6, 6.07) is 10.8. The number of nitrogens with zero attached hydrogens (tertiary/aromatic N) is 5. The molecule has 0 amide bonds. The zero-order chi connectivity index (χ0) is 25.3. The van der Waals surface area contributed by atoms with Gasteiger partial charge in [0, 0.05) is 50.9 Å². The molecule has 2 aliphatic heterocycles. The molecular formula is C26H35N5O3S. The van der Waals surface area contributed by atoms with Crippen molar-refractivity contribution in [3.63, 3.8) is 0 Å². The van der Waals surface area contributed by atoms with E-state index >= 15 is 0 Å². The predicted octanol–water partition coefficient (Wildman–Crippen LogP) is 2.97. The third-order valence-corrected chi connectivity index (χ3v) is 8.61. The van der Waals surface area contributed by atoms with Crippen molar-refractivity contribution in [1.82, 2.24) is 23.3 Å². The van der Waals surface area contributed by atoms with Crippen LogP contribution in [-0.2, 0) is 30.2 Å². The Bertz CT molecular complexity index is 1460. The van der Waals surface area contributed by atoms with E-state index in [1.807, 2.05) is 16.7 Å². The zero-order valence-corrected chi connectivity index (χ0v) is 22.3. The molecule has 2 fully saturated rings. The highest BCUT2D eigenvalue weighted by molar-refractivity contribution is 7.88. The number of benzene rings is 1. The molecule has 0 unspecified atom stereocenters. The van der Waals surface area contributed by atoms with E-state index in [1.54, 1.807) is 15.9 Å². The van der Waals surface area contributed by atoms with E-state index < -0.39 is 10.0 Å². The maximum absolute atomic E-state index is 12.9.